The normalized spacial score (nSPS) is 12.1. The number of para-hydroxylation sites is 1. The van der Waals surface area contributed by atoms with Gasteiger partial charge in [-0.25, -0.2) is 9.59 Å². The molecule has 36 heavy (non-hydrogen) atoms. The number of benzene rings is 3. The van der Waals surface area contributed by atoms with E-state index >= 15 is 0 Å². The van der Waals surface area contributed by atoms with E-state index in [0.717, 1.165) is 5.56 Å². The summed E-state index contributed by atoms with van der Waals surface area (Å²) in [6, 6.07) is 21.6. The van der Waals surface area contributed by atoms with Gasteiger partial charge in [0.15, 0.2) is 0 Å². The summed E-state index contributed by atoms with van der Waals surface area (Å²) in [6.07, 6.45) is -0.206. The molecule has 0 aliphatic heterocycles. The fraction of sp³-hybridized carbons (Fsp3) is 0.231. The van der Waals surface area contributed by atoms with E-state index in [-0.39, 0.29) is 60.9 Å². The molecule has 0 aromatic heterocycles. The summed E-state index contributed by atoms with van der Waals surface area (Å²) in [7, 11) is 0. The monoisotopic (exact) mass is 503 g/mol. The molecule has 0 unspecified atom stereocenters. The Hall–Kier alpha value is -2.92. The Morgan fingerprint density at radius 3 is 2.25 bits per heavy atom. The molecule has 2 atom stereocenters. The zero-order valence-corrected chi connectivity index (χ0v) is 19.1. The summed E-state index contributed by atoms with van der Waals surface area (Å²) in [6.45, 7) is 0.295. The van der Waals surface area contributed by atoms with Crippen LogP contribution < -0.4 is 20.7 Å². The number of carbonyl (C=O) groups is 2. The molecular weight excluding hydrogens is 473 g/mol. The van der Waals surface area contributed by atoms with E-state index in [2.05, 4.69) is 16.0 Å². The van der Waals surface area contributed by atoms with Crippen molar-refractivity contribution in [3.05, 3.63) is 90.0 Å². The number of carbonyl (C=O) groups excluding carboxylic acids is 1. The third kappa shape index (κ3) is 9.98. The SMILES string of the molecule is O=C(Nc1ccc(C[C@@H](CO)NC[C@H](O)COc2ccccc2)cc1)Nc1cccc(C(=O)O)c1.[NaH]. The Kier molecular flexibility index (Phi) is 12.4. The molecule has 9 nitrogen and oxygen atoms in total. The zero-order valence-electron chi connectivity index (χ0n) is 19.1. The summed E-state index contributed by atoms with van der Waals surface area (Å²) in [5.41, 5.74) is 1.94. The number of nitrogens with one attached hydrogen (secondary N) is 3. The summed E-state index contributed by atoms with van der Waals surface area (Å²) in [4.78, 5) is 23.3. The van der Waals surface area contributed by atoms with Crippen molar-refractivity contribution in [3.8, 4) is 5.75 Å². The predicted molar refractivity (Wildman–Crippen MR) is 140 cm³/mol. The molecule has 2 amide bonds. The van der Waals surface area contributed by atoms with Gasteiger partial charge in [0.25, 0.3) is 0 Å². The van der Waals surface area contributed by atoms with Gasteiger partial charge in [-0.15, -0.1) is 0 Å². The van der Waals surface area contributed by atoms with Crippen LogP contribution in [0.1, 0.15) is 15.9 Å². The first-order valence-corrected chi connectivity index (χ1v) is 11.1. The Morgan fingerprint density at radius 2 is 1.58 bits per heavy atom. The van der Waals surface area contributed by atoms with Crippen molar-refractivity contribution in [3.63, 3.8) is 0 Å². The molecule has 3 aromatic carbocycles. The number of aromatic carboxylic acids is 1. The van der Waals surface area contributed by atoms with Gasteiger partial charge in [-0.3, -0.25) is 0 Å². The number of carboxylic acids is 1. The number of hydrogen-bond acceptors (Lipinski definition) is 6. The molecular formula is C26H30N3NaO6. The number of carboxylic acid groups (broad SMARTS) is 1. The third-order valence-electron chi connectivity index (χ3n) is 5.11. The number of anilines is 2. The van der Waals surface area contributed by atoms with Crippen molar-refractivity contribution < 1.29 is 29.6 Å². The van der Waals surface area contributed by atoms with E-state index in [1.807, 2.05) is 42.5 Å². The van der Waals surface area contributed by atoms with E-state index in [0.29, 0.717) is 23.5 Å². The first-order chi connectivity index (χ1) is 16.9. The van der Waals surface area contributed by atoms with Crippen LogP contribution in [0.2, 0.25) is 0 Å². The van der Waals surface area contributed by atoms with Crippen LogP contribution in [0, 0.1) is 0 Å². The van der Waals surface area contributed by atoms with Crippen LogP contribution in [0.4, 0.5) is 16.2 Å². The van der Waals surface area contributed by atoms with Crippen LogP contribution in [0.25, 0.3) is 0 Å². The standard InChI is InChI=1S/C26H29N3O6.Na.H/c30-16-22(27-15-23(31)17-35-24-7-2-1-3-8-24)13-18-9-11-20(12-10-18)28-26(34)29-21-6-4-5-19(14-21)25(32)33;;/h1-12,14,22-23,27,30-31H,13,15-17H2,(H,32,33)(H2,28,29,34);;/t22-,23-;;/m0../s1. The van der Waals surface area contributed by atoms with Crippen molar-refractivity contribution in [1.29, 1.82) is 0 Å². The minimum absolute atomic E-state index is 0. The summed E-state index contributed by atoms with van der Waals surface area (Å²) >= 11 is 0. The molecule has 0 radical (unpaired) electrons. The number of amides is 2. The fourth-order valence-corrected chi connectivity index (χ4v) is 3.30. The Bertz CT molecular complexity index is 1100. The van der Waals surface area contributed by atoms with Gasteiger partial charge in [0.05, 0.1) is 12.2 Å². The molecule has 0 heterocycles. The van der Waals surface area contributed by atoms with Crippen LogP contribution in [0.3, 0.4) is 0 Å². The van der Waals surface area contributed by atoms with Crippen molar-refractivity contribution >= 4 is 52.9 Å². The van der Waals surface area contributed by atoms with Crippen molar-refractivity contribution in [1.82, 2.24) is 5.32 Å². The molecule has 0 spiro atoms. The molecule has 3 aromatic rings. The quantitative estimate of drug-likeness (QED) is 0.209. The summed E-state index contributed by atoms with van der Waals surface area (Å²) in [5.74, 6) is -0.392. The third-order valence-corrected chi connectivity index (χ3v) is 5.11. The van der Waals surface area contributed by atoms with Crippen LogP contribution in [-0.4, -0.2) is 88.8 Å². The van der Waals surface area contributed by atoms with Crippen molar-refractivity contribution in [2.45, 2.75) is 18.6 Å². The van der Waals surface area contributed by atoms with Crippen molar-refractivity contribution in [2.24, 2.45) is 0 Å². The van der Waals surface area contributed by atoms with Gasteiger partial charge in [0, 0.05) is 24.0 Å². The van der Waals surface area contributed by atoms with E-state index in [9.17, 15) is 19.8 Å². The second-order valence-corrected chi connectivity index (χ2v) is 7.93. The molecule has 3 rings (SSSR count). The number of ether oxygens (including phenoxy) is 1. The van der Waals surface area contributed by atoms with Crippen LogP contribution >= 0.6 is 0 Å². The van der Waals surface area contributed by atoms with Crippen LogP contribution in [-0.2, 0) is 6.42 Å². The Labute approximate surface area is 231 Å². The number of aliphatic hydroxyl groups excluding tert-OH is 2. The molecule has 186 valence electrons. The molecule has 0 aliphatic rings. The number of aliphatic hydroxyl groups is 2. The van der Waals surface area contributed by atoms with Gasteiger partial charge >= 0.3 is 41.6 Å². The molecule has 0 fully saturated rings. The first kappa shape index (κ1) is 29.3. The molecule has 10 heteroatoms. The fourth-order valence-electron chi connectivity index (χ4n) is 3.30. The topological polar surface area (TPSA) is 140 Å². The van der Waals surface area contributed by atoms with E-state index in [1.54, 1.807) is 24.3 Å². The van der Waals surface area contributed by atoms with Gasteiger partial charge in [0.2, 0.25) is 0 Å². The maximum absolute atomic E-state index is 12.2. The average molecular weight is 504 g/mol. The van der Waals surface area contributed by atoms with Gasteiger partial charge in [0.1, 0.15) is 18.5 Å². The second-order valence-electron chi connectivity index (χ2n) is 7.93. The van der Waals surface area contributed by atoms with Gasteiger partial charge in [-0.05, 0) is 54.4 Å². The number of rotatable bonds is 12. The van der Waals surface area contributed by atoms with Gasteiger partial charge < -0.3 is 36.0 Å². The van der Waals surface area contributed by atoms with E-state index in [4.69, 9.17) is 9.84 Å². The van der Waals surface area contributed by atoms with Crippen molar-refractivity contribution in [2.75, 3.05) is 30.4 Å². The van der Waals surface area contributed by atoms with Gasteiger partial charge in [-0.2, -0.15) is 0 Å². The van der Waals surface area contributed by atoms with Crippen LogP contribution in [0.5, 0.6) is 5.75 Å². The average Bonchev–Trinajstić information content (AvgIpc) is 2.87. The van der Waals surface area contributed by atoms with E-state index < -0.39 is 18.1 Å². The minimum atomic E-state index is -1.07. The van der Waals surface area contributed by atoms with E-state index in [1.165, 1.54) is 12.1 Å². The Balaban J connectivity index is 0.00000456. The molecule has 0 saturated heterocycles. The Morgan fingerprint density at radius 1 is 0.889 bits per heavy atom. The molecule has 0 aliphatic carbocycles. The zero-order chi connectivity index (χ0) is 25.0. The van der Waals surface area contributed by atoms with Crippen LogP contribution in [0.15, 0.2) is 78.9 Å². The molecule has 0 saturated carbocycles. The number of hydrogen-bond donors (Lipinski definition) is 6. The molecule has 6 N–H and O–H groups in total. The molecule has 0 bridgehead atoms. The second kappa shape index (κ2) is 15.2. The van der Waals surface area contributed by atoms with Gasteiger partial charge in [-0.1, -0.05) is 36.4 Å². The predicted octanol–water partition coefficient (Wildman–Crippen LogP) is 2.31. The number of urea groups is 1. The summed E-state index contributed by atoms with van der Waals surface area (Å²) < 4.78 is 5.53. The maximum atomic E-state index is 12.2. The first-order valence-electron chi connectivity index (χ1n) is 11.1. The summed E-state index contributed by atoms with van der Waals surface area (Å²) in [5, 5.41) is 37.3.